The highest BCUT2D eigenvalue weighted by Crippen LogP contribution is 2.36. The first kappa shape index (κ1) is 26.8. The maximum Gasteiger partial charge on any atom is 0.270 e. The number of hydrogen-bond donors (Lipinski definition) is 1. The molecule has 1 aliphatic heterocycles. The number of aryl methyl sites for hydroxylation is 2. The number of ether oxygens (including phenoxy) is 2. The number of nitrogens with zero attached hydrogens (tertiary/aromatic N) is 1. The number of amides is 2. The minimum absolute atomic E-state index is 0.0141. The topological polar surface area (TPSA) is 67.9 Å². The van der Waals surface area contributed by atoms with E-state index in [1.54, 1.807) is 12.1 Å². The molecule has 0 spiro atoms. The number of thiocarbonyl (C=S) groups is 1. The third kappa shape index (κ3) is 6.19. The summed E-state index contributed by atoms with van der Waals surface area (Å²) < 4.78 is 12.8. The van der Waals surface area contributed by atoms with Crippen LogP contribution < -0.4 is 19.7 Å². The summed E-state index contributed by atoms with van der Waals surface area (Å²) in [5, 5.41) is 2.69. The fourth-order valence-electron chi connectivity index (χ4n) is 3.85. The van der Waals surface area contributed by atoms with Crippen LogP contribution >= 0.6 is 34.8 Å². The number of nitrogens with one attached hydrogen (secondary N) is 1. The zero-order chi connectivity index (χ0) is 26.5. The first-order valence-electron chi connectivity index (χ1n) is 12.0. The highest BCUT2D eigenvalue weighted by Gasteiger charge is 2.34. The SMILES string of the molecule is CCOc1cc(/C=C2\C(=O)NC(=S)N(c3ccc(CC)cc3)C2=O)cc(I)c1OCc1ccc(C)cc1. The van der Waals surface area contributed by atoms with Crippen molar-refractivity contribution in [2.24, 2.45) is 0 Å². The van der Waals surface area contributed by atoms with Crippen molar-refractivity contribution >= 4 is 63.5 Å². The van der Waals surface area contributed by atoms with Gasteiger partial charge in [0.15, 0.2) is 16.6 Å². The van der Waals surface area contributed by atoms with E-state index >= 15 is 0 Å². The summed E-state index contributed by atoms with van der Waals surface area (Å²) in [4.78, 5) is 27.5. The van der Waals surface area contributed by atoms with Gasteiger partial charge in [0.25, 0.3) is 11.8 Å². The Bertz CT molecular complexity index is 1370. The molecular formula is C29H27IN2O4S. The molecule has 8 heteroatoms. The second-order valence-electron chi connectivity index (χ2n) is 8.52. The summed E-state index contributed by atoms with van der Waals surface area (Å²) in [5.74, 6) is 0.137. The molecule has 0 unspecified atom stereocenters. The van der Waals surface area contributed by atoms with Crippen molar-refractivity contribution in [3.05, 3.63) is 92.1 Å². The third-order valence-corrected chi connectivity index (χ3v) is 6.94. The maximum atomic E-state index is 13.4. The van der Waals surface area contributed by atoms with Crippen LogP contribution in [0.3, 0.4) is 0 Å². The van der Waals surface area contributed by atoms with Gasteiger partial charge in [-0.05, 0) is 102 Å². The van der Waals surface area contributed by atoms with E-state index in [0.717, 1.165) is 21.1 Å². The Labute approximate surface area is 235 Å². The van der Waals surface area contributed by atoms with Crippen LogP contribution in [0.5, 0.6) is 11.5 Å². The quantitative estimate of drug-likeness (QED) is 0.145. The van der Waals surface area contributed by atoms with Crippen LogP contribution in [0.4, 0.5) is 5.69 Å². The Morgan fingerprint density at radius 1 is 0.973 bits per heavy atom. The molecule has 2 amide bonds. The number of rotatable bonds is 8. The molecule has 1 fully saturated rings. The first-order chi connectivity index (χ1) is 17.8. The van der Waals surface area contributed by atoms with Gasteiger partial charge in [0.1, 0.15) is 12.2 Å². The highest BCUT2D eigenvalue weighted by atomic mass is 127. The van der Waals surface area contributed by atoms with Crippen molar-refractivity contribution in [1.82, 2.24) is 5.32 Å². The van der Waals surface area contributed by atoms with Gasteiger partial charge in [-0.3, -0.25) is 19.8 Å². The molecule has 3 aromatic rings. The van der Waals surface area contributed by atoms with E-state index in [1.165, 1.54) is 10.5 Å². The van der Waals surface area contributed by atoms with Crippen LogP contribution in [0, 0.1) is 10.5 Å². The second kappa shape index (κ2) is 11.9. The smallest absolute Gasteiger partial charge is 0.270 e. The molecule has 6 nitrogen and oxygen atoms in total. The lowest BCUT2D eigenvalue weighted by Crippen LogP contribution is -2.54. The van der Waals surface area contributed by atoms with Crippen molar-refractivity contribution < 1.29 is 19.1 Å². The second-order valence-corrected chi connectivity index (χ2v) is 10.1. The summed E-state index contributed by atoms with van der Waals surface area (Å²) in [6.45, 7) is 6.82. The predicted molar refractivity (Wildman–Crippen MR) is 158 cm³/mol. The van der Waals surface area contributed by atoms with Gasteiger partial charge < -0.3 is 9.47 Å². The molecule has 1 N–H and O–H groups in total. The largest absolute Gasteiger partial charge is 0.490 e. The van der Waals surface area contributed by atoms with E-state index in [9.17, 15) is 9.59 Å². The molecule has 1 aliphatic rings. The van der Waals surface area contributed by atoms with E-state index < -0.39 is 11.8 Å². The standard InChI is InChI=1S/C29H27IN2O4S/c1-4-19-10-12-22(13-11-19)32-28(34)23(27(33)31-29(32)37)14-21-15-24(30)26(25(16-21)35-5-2)36-17-20-8-6-18(3)7-9-20/h6-16H,4-5,17H2,1-3H3,(H,31,33,37)/b23-14+. The number of carbonyl (C=O) groups excluding carboxylic acids is 2. The van der Waals surface area contributed by atoms with Gasteiger partial charge >= 0.3 is 0 Å². The van der Waals surface area contributed by atoms with E-state index in [0.29, 0.717) is 36.0 Å². The summed E-state index contributed by atoms with van der Waals surface area (Å²) in [5.41, 5.74) is 4.60. The molecule has 37 heavy (non-hydrogen) atoms. The van der Waals surface area contributed by atoms with E-state index in [1.807, 2.05) is 68.4 Å². The third-order valence-electron chi connectivity index (χ3n) is 5.85. The first-order valence-corrected chi connectivity index (χ1v) is 13.4. The predicted octanol–water partition coefficient (Wildman–Crippen LogP) is 5.97. The fraction of sp³-hybridized carbons (Fsp3) is 0.207. The van der Waals surface area contributed by atoms with Crippen LogP contribution in [-0.4, -0.2) is 23.5 Å². The van der Waals surface area contributed by atoms with Crippen LogP contribution in [0.15, 0.2) is 66.2 Å². The maximum absolute atomic E-state index is 13.4. The molecule has 0 saturated carbocycles. The molecule has 1 heterocycles. The average Bonchev–Trinajstić information content (AvgIpc) is 2.87. The summed E-state index contributed by atoms with van der Waals surface area (Å²) in [6.07, 6.45) is 2.44. The summed E-state index contributed by atoms with van der Waals surface area (Å²) in [7, 11) is 0. The fourth-order valence-corrected chi connectivity index (χ4v) is 4.92. The lowest BCUT2D eigenvalue weighted by molar-refractivity contribution is -0.122. The Morgan fingerprint density at radius 3 is 2.30 bits per heavy atom. The Kier molecular flexibility index (Phi) is 8.60. The molecule has 0 atom stereocenters. The summed E-state index contributed by atoms with van der Waals surface area (Å²) >= 11 is 7.50. The molecule has 0 aromatic heterocycles. The number of benzene rings is 3. The van der Waals surface area contributed by atoms with Crippen molar-refractivity contribution in [2.75, 3.05) is 11.5 Å². The van der Waals surface area contributed by atoms with Gasteiger partial charge in [0, 0.05) is 0 Å². The van der Waals surface area contributed by atoms with Crippen molar-refractivity contribution in [2.45, 2.75) is 33.8 Å². The minimum Gasteiger partial charge on any atom is -0.490 e. The van der Waals surface area contributed by atoms with E-state index in [2.05, 4.69) is 34.8 Å². The molecule has 0 radical (unpaired) electrons. The van der Waals surface area contributed by atoms with Crippen molar-refractivity contribution in [1.29, 1.82) is 0 Å². The number of hydrogen-bond acceptors (Lipinski definition) is 5. The zero-order valence-corrected chi connectivity index (χ0v) is 23.8. The molecule has 4 rings (SSSR count). The monoisotopic (exact) mass is 626 g/mol. The van der Waals surface area contributed by atoms with Crippen LogP contribution in [-0.2, 0) is 22.6 Å². The number of anilines is 1. The van der Waals surface area contributed by atoms with Gasteiger partial charge in [0.05, 0.1) is 15.9 Å². The lowest BCUT2D eigenvalue weighted by Gasteiger charge is -2.29. The van der Waals surface area contributed by atoms with Crippen LogP contribution in [0.1, 0.15) is 36.1 Å². The lowest BCUT2D eigenvalue weighted by atomic mass is 10.1. The molecule has 3 aromatic carbocycles. The van der Waals surface area contributed by atoms with Crippen LogP contribution in [0.2, 0.25) is 0 Å². The van der Waals surface area contributed by atoms with Crippen molar-refractivity contribution in [3.8, 4) is 11.5 Å². The van der Waals surface area contributed by atoms with Gasteiger partial charge in [-0.15, -0.1) is 0 Å². The minimum atomic E-state index is -0.538. The molecular weight excluding hydrogens is 599 g/mol. The summed E-state index contributed by atoms with van der Waals surface area (Å²) in [6, 6.07) is 19.3. The normalized spacial score (nSPS) is 14.6. The molecule has 0 aliphatic carbocycles. The van der Waals surface area contributed by atoms with Gasteiger partial charge in [-0.2, -0.15) is 0 Å². The number of halogens is 1. The zero-order valence-electron chi connectivity index (χ0n) is 20.8. The van der Waals surface area contributed by atoms with E-state index in [4.69, 9.17) is 21.7 Å². The average molecular weight is 627 g/mol. The van der Waals surface area contributed by atoms with Gasteiger partial charge in [-0.25, -0.2) is 0 Å². The van der Waals surface area contributed by atoms with Crippen molar-refractivity contribution in [3.63, 3.8) is 0 Å². The Hall–Kier alpha value is -3.24. The van der Waals surface area contributed by atoms with Crippen LogP contribution in [0.25, 0.3) is 6.08 Å². The Morgan fingerprint density at radius 2 is 1.65 bits per heavy atom. The number of carbonyl (C=O) groups is 2. The van der Waals surface area contributed by atoms with Gasteiger partial charge in [-0.1, -0.05) is 48.9 Å². The molecule has 0 bridgehead atoms. The Balaban J connectivity index is 1.64. The van der Waals surface area contributed by atoms with E-state index in [-0.39, 0.29) is 10.7 Å². The highest BCUT2D eigenvalue weighted by molar-refractivity contribution is 14.1. The molecule has 1 saturated heterocycles. The molecule has 190 valence electrons. The van der Waals surface area contributed by atoms with Gasteiger partial charge in [0.2, 0.25) is 0 Å².